The monoisotopic (exact) mass is 295 g/mol. The van der Waals surface area contributed by atoms with E-state index in [9.17, 15) is 0 Å². The molecule has 0 amide bonds. The smallest absolute Gasteiger partial charge is 0.296 e. The predicted molar refractivity (Wildman–Crippen MR) is 82.7 cm³/mol. The van der Waals surface area contributed by atoms with E-state index < -0.39 is 0 Å². The highest BCUT2D eigenvalue weighted by molar-refractivity contribution is 7.16. The van der Waals surface area contributed by atoms with Crippen LogP contribution in [0.15, 0.2) is 35.1 Å². The molecule has 0 saturated heterocycles. The van der Waals surface area contributed by atoms with Gasteiger partial charge in [-0.15, -0.1) is 5.10 Å². The first-order valence-corrected chi connectivity index (χ1v) is 7.21. The molecule has 1 rings (SSSR count). The molecule has 110 valence electrons. The quantitative estimate of drug-likeness (QED) is 0.617. The summed E-state index contributed by atoms with van der Waals surface area (Å²) in [7, 11) is 1.65. The maximum absolute atomic E-state index is 5.61. The van der Waals surface area contributed by atoms with E-state index in [1.54, 1.807) is 7.11 Å². The predicted octanol–water partition coefficient (Wildman–Crippen LogP) is 3.33. The van der Waals surface area contributed by atoms with Crippen molar-refractivity contribution in [3.8, 4) is 5.19 Å². The molecule has 1 aromatic heterocycles. The van der Waals surface area contributed by atoms with Crippen molar-refractivity contribution in [2.75, 3.05) is 19.5 Å². The largest absolute Gasteiger partial charge is 0.497 e. The number of hydrogen-bond donors (Lipinski definition) is 1. The minimum atomic E-state index is 0.406. The summed E-state index contributed by atoms with van der Waals surface area (Å²) < 4.78 is 10.8. The third-order valence-corrected chi connectivity index (χ3v) is 3.49. The second-order valence-corrected chi connectivity index (χ2v) is 5.05. The minimum Gasteiger partial charge on any atom is -0.497 e. The van der Waals surface area contributed by atoms with Gasteiger partial charge in [-0.3, -0.25) is 0 Å². The fraction of sp³-hybridized carbons (Fsp3) is 0.429. The molecule has 0 atom stereocenters. The first kappa shape index (κ1) is 16.2. The molecule has 0 aliphatic rings. The summed E-state index contributed by atoms with van der Waals surface area (Å²) in [5.74, 6) is 0.812. The zero-order valence-corrected chi connectivity index (χ0v) is 13.2. The molecule has 0 unspecified atom stereocenters. The molecule has 0 aromatic carbocycles. The standard InChI is InChI=1S/C14H21N3O2S/c1-5-10(3)11(7-8-12(6-2)18-4)9-19-14-17-16-13(15)20-14/h6-8H,5,9H2,1-4H3,(H2,15,16)/b8-7-,11-10+,12-6+. The average molecular weight is 295 g/mol. The highest BCUT2D eigenvalue weighted by atomic mass is 32.1. The van der Waals surface area contributed by atoms with Gasteiger partial charge in [0.25, 0.3) is 5.19 Å². The normalized spacial score (nSPS) is 13.5. The van der Waals surface area contributed by atoms with E-state index in [-0.39, 0.29) is 0 Å². The molecule has 0 saturated carbocycles. The Hall–Kier alpha value is -1.82. The van der Waals surface area contributed by atoms with Crippen LogP contribution in [0, 0.1) is 0 Å². The molecule has 0 radical (unpaired) electrons. The first-order chi connectivity index (χ1) is 9.60. The Kier molecular flexibility index (Phi) is 6.79. The molecule has 5 nitrogen and oxygen atoms in total. The molecule has 20 heavy (non-hydrogen) atoms. The zero-order chi connectivity index (χ0) is 15.0. The van der Waals surface area contributed by atoms with Crippen molar-refractivity contribution in [3.63, 3.8) is 0 Å². The summed E-state index contributed by atoms with van der Waals surface area (Å²) in [6, 6.07) is 0. The third-order valence-electron chi connectivity index (χ3n) is 2.82. The topological polar surface area (TPSA) is 70.3 Å². The van der Waals surface area contributed by atoms with Crippen molar-refractivity contribution >= 4 is 16.5 Å². The van der Waals surface area contributed by atoms with Gasteiger partial charge in [0.1, 0.15) is 12.4 Å². The number of ether oxygens (including phenoxy) is 2. The number of allylic oxidation sites excluding steroid dienone is 3. The second kappa shape index (κ2) is 8.37. The highest BCUT2D eigenvalue weighted by Crippen LogP contribution is 2.21. The van der Waals surface area contributed by atoms with Crippen molar-refractivity contribution in [1.29, 1.82) is 0 Å². The first-order valence-electron chi connectivity index (χ1n) is 6.39. The lowest BCUT2D eigenvalue weighted by Gasteiger charge is -2.08. The van der Waals surface area contributed by atoms with Crippen LogP contribution in [0.1, 0.15) is 27.2 Å². The highest BCUT2D eigenvalue weighted by Gasteiger charge is 2.05. The summed E-state index contributed by atoms with van der Waals surface area (Å²) in [6.45, 7) is 6.56. The minimum absolute atomic E-state index is 0.406. The van der Waals surface area contributed by atoms with E-state index in [2.05, 4.69) is 24.0 Å². The fourth-order valence-corrected chi connectivity index (χ4v) is 1.88. The summed E-state index contributed by atoms with van der Waals surface area (Å²) in [4.78, 5) is 0. The van der Waals surface area contributed by atoms with Gasteiger partial charge in [-0.2, -0.15) is 0 Å². The Labute approximate surface area is 123 Å². The van der Waals surface area contributed by atoms with Gasteiger partial charge in [0.15, 0.2) is 0 Å². The van der Waals surface area contributed by atoms with Crippen LogP contribution < -0.4 is 10.5 Å². The van der Waals surface area contributed by atoms with E-state index in [1.807, 2.05) is 25.2 Å². The Morgan fingerprint density at radius 2 is 2.10 bits per heavy atom. The van der Waals surface area contributed by atoms with Crippen LogP contribution in [0.5, 0.6) is 5.19 Å². The molecule has 0 fully saturated rings. The number of nitrogens with two attached hydrogens (primary N) is 1. The summed E-state index contributed by atoms with van der Waals surface area (Å²) >= 11 is 1.23. The number of anilines is 1. The molecule has 0 bridgehead atoms. The Balaban J connectivity index is 2.76. The SMILES string of the molecule is C\C=C(/C=C\C(COc1nnc(N)s1)=C(\C)CC)OC. The van der Waals surface area contributed by atoms with E-state index in [0.29, 0.717) is 16.9 Å². The second-order valence-electron chi connectivity index (χ2n) is 4.08. The van der Waals surface area contributed by atoms with Crippen molar-refractivity contribution in [1.82, 2.24) is 10.2 Å². The molecule has 1 aromatic rings. The summed E-state index contributed by atoms with van der Waals surface area (Å²) in [5.41, 5.74) is 7.87. The van der Waals surface area contributed by atoms with Crippen LogP contribution >= 0.6 is 11.3 Å². The van der Waals surface area contributed by atoms with Crippen LogP contribution in [0.2, 0.25) is 0 Å². The summed E-state index contributed by atoms with van der Waals surface area (Å²) in [6.07, 6.45) is 6.79. The van der Waals surface area contributed by atoms with Gasteiger partial charge in [0, 0.05) is 0 Å². The van der Waals surface area contributed by atoms with Gasteiger partial charge in [-0.1, -0.05) is 23.7 Å². The van der Waals surface area contributed by atoms with Crippen molar-refractivity contribution in [2.45, 2.75) is 27.2 Å². The number of nitrogens with zero attached hydrogens (tertiary/aromatic N) is 2. The lowest BCUT2D eigenvalue weighted by Crippen LogP contribution is -2.02. The molecule has 2 N–H and O–H groups in total. The molecular formula is C14H21N3O2S. The van der Waals surface area contributed by atoms with Crippen LogP contribution in [0.4, 0.5) is 5.13 Å². The molecule has 0 spiro atoms. The van der Waals surface area contributed by atoms with E-state index >= 15 is 0 Å². The maximum Gasteiger partial charge on any atom is 0.296 e. The van der Waals surface area contributed by atoms with Gasteiger partial charge in [-0.05, 0) is 49.3 Å². The van der Waals surface area contributed by atoms with Crippen LogP contribution in [0.25, 0.3) is 0 Å². The fourth-order valence-electron chi connectivity index (χ4n) is 1.42. The Bertz CT molecular complexity index is 518. The van der Waals surface area contributed by atoms with E-state index in [0.717, 1.165) is 17.8 Å². The lowest BCUT2D eigenvalue weighted by atomic mass is 10.1. The lowest BCUT2D eigenvalue weighted by molar-refractivity contribution is 0.306. The number of methoxy groups -OCH3 is 1. The number of aromatic nitrogens is 2. The van der Waals surface area contributed by atoms with Gasteiger partial charge in [0.05, 0.1) is 7.11 Å². The Morgan fingerprint density at radius 3 is 2.60 bits per heavy atom. The summed E-state index contributed by atoms with van der Waals surface area (Å²) in [5, 5.41) is 8.45. The van der Waals surface area contributed by atoms with Crippen LogP contribution in [0.3, 0.4) is 0 Å². The van der Waals surface area contributed by atoms with Gasteiger partial charge < -0.3 is 15.2 Å². The molecule has 6 heteroatoms. The number of hydrogen-bond acceptors (Lipinski definition) is 6. The van der Waals surface area contributed by atoms with Crippen LogP contribution in [-0.2, 0) is 4.74 Å². The molecular weight excluding hydrogens is 274 g/mol. The van der Waals surface area contributed by atoms with E-state index in [1.165, 1.54) is 16.9 Å². The number of rotatable bonds is 7. The van der Waals surface area contributed by atoms with Crippen molar-refractivity contribution in [2.24, 2.45) is 0 Å². The van der Waals surface area contributed by atoms with Crippen molar-refractivity contribution < 1.29 is 9.47 Å². The average Bonchev–Trinajstić information content (AvgIpc) is 2.87. The van der Waals surface area contributed by atoms with E-state index in [4.69, 9.17) is 15.2 Å². The van der Waals surface area contributed by atoms with Gasteiger partial charge in [0.2, 0.25) is 5.13 Å². The maximum atomic E-state index is 5.61. The third kappa shape index (κ3) is 5.05. The molecule has 0 aliphatic carbocycles. The van der Waals surface area contributed by atoms with Crippen LogP contribution in [-0.4, -0.2) is 23.9 Å². The Morgan fingerprint density at radius 1 is 1.35 bits per heavy atom. The zero-order valence-electron chi connectivity index (χ0n) is 12.3. The number of nitrogen functional groups attached to an aromatic ring is 1. The van der Waals surface area contributed by atoms with Gasteiger partial charge >= 0.3 is 0 Å². The molecule has 0 aliphatic heterocycles. The van der Waals surface area contributed by atoms with Crippen molar-refractivity contribution in [3.05, 3.63) is 35.1 Å². The molecule has 1 heterocycles. The van der Waals surface area contributed by atoms with Gasteiger partial charge in [-0.25, -0.2) is 0 Å².